The molecule has 36 heavy (non-hydrogen) atoms. The molecule has 8 nitrogen and oxygen atoms in total. The molecule has 0 N–H and O–H groups in total. The summed E-state index contributed by atoms with van der Waals surface area (Å²) in [6, 6.07) is 24.8. The summed E-state index contributed by atoms with van der Waals surface area (Å²) in [6.07, 6.45) is -0.250. The first kappa shape index (κ1) is 24.4. The molecule has 180 valence electrons. The lowest BCUT2D eigenvalue weighted by Gasteiger charge is -2.27. The van der Waals surface area contributed by atoms with Crippen LogP contribution < -0.4 is 0 Å². The van der Waals surface area contributed by atoms with Gasteiger partial charge in [0.2, 0.25) is 5.70 Å². The maximum atomic E-state index is 13.7. The van der Waals surface area contributed by atoms with E-state index in [1.54, 1.807) is 32.0 Å². The average molecular weight is 481 g/mol. The van der Waals surface area contributed by atoms with E-state index in [1.807, 2.05) is 66.7 Å². The molecule has 8 heteroatoms. The van der Waals surface area contributed by atoms with Gasteiger partial charge in [0, 0.05) is 0 Å². The van der Waals surface area contributed by atoms with Gasteiger partial charge in [0.15, 0.2) is 0 Å². The van der Waals surface area contributed by atoms with Crippen molar-refractivity contribution in [3.8, 4) is 6.07 Å². The van der Waals surface area contributed by atoms with Crippen molar-refractivity contribution in [2.24, 2.45) is 10.2 Å². The lowest BCUT2D eigenvalue weighted by atomic mass is 9.97. The van der Waals surface area contributed by atoms with Crippen LogP contribution in [0.5, 0.6) is 0 Å². The molecule has 4 rings (SSSR count). The van der Waals surface area contributed by atoms with Crippen molar-refractivity contribution < 1.29 is 19.1 Å². The Hall–Kier alpha value is -4.77. The van der Waals surface area contributed by atoms with E-state index in [0.29, 0.717) is 0 Å². The Kier molecular flexibility index (Phi) is 7.21. The maximum absolute atomic E-state index is 13.7. The van der Waals surface area contributed by atoms with E-state index >= 15 is 0 Å². The summed E-state index contributed by atoms with van der Waals surface area (Å²) in [5.41, 5.74) is 1.92. The van der Waals surface area contributed by atoms with E-state index in [0.717, 1.165) is 11.1 Å². The SMILES string of the molecule is CO/C(OC(C)C)=C(/C#N)N=Nc1cccc2c1C(=O)N(C(c1ccccc1)c1ccccc1)C2=O. The third-order valence-electron chi connectivity index (χ3n) is 5.50. The van der Waals surface area contributed by atoms with Gasteiger partial charge in [-0.25, -0.2) is 0 Å². The van der Waals surface area contributed by atoms with Crippen LogP contribution in [0.4, 0.5) is 5.69 Å². The molecule has 1 heterocycles. The highest BCUT2D eigenvalue weighted by molar-refractivity contribution is 6.23. The topological polar surface area (TPSA) is 104 Å². The monoisotopic (exact) mass is 480 g/mol. The van der Waals surface area contributed by atoms with Gasteiger partial charge < -0.3 is 9.47 Å². The first-order valence-electron chi connectivity index (χ1n) is 11.3. The summed E-state index contributed by atoms with van der Waals surface area (Å²) in [7, 11) is 1.36. The molecular weight excluding hydrogens is 456 g/mol. The van der Waals surface area contributed by atoms with Crippen LogP contribution in [-0.4, -0.2) is 29.9 Å². The minimum atomic E-state index is -0.626. The van der Waals surface area contributed by atoms with Crippen LogP contribution in [0.2, 0.25) is 0 Å². The van der Waals surface area contributed by atoms with E-state index in [1.165, 1.54) is 12.0 Å². The number of allylic oxidation sites excluding steroid dienone is 1. The van der Waals surface area contributed by atoms with Gasteiger partial charge in [-0.05, 0) is 37.1 Å². The first-order chi connectivity index (χ1) is 17.5. The lowest BCUT2D eigenvalue weighted by Crippen LogP contribution is -2.34. The van der Waals surface area contributed by atoms with E-state index < -0.39 is 17.9 Å². The Bertz CT molecular complexity index is 1340. The number of imide groups is 1. The molecule has 0 spiro atoms. The number of amides is 2. The molecular formula is C28H24N4O4. The molecule has 0 unspecified atom stereocenters. The normalized spacial score (nSPS) is 13.7. The van der Waals surface area contributed by atoms with Gasteiger partial charge in [-0.1, -0.05) is 66.7 Å². The smallest absolute Gasteiger partial charge is 0.319 e. The third-order valence-corrected chi connectivity index (χ3v) is 5.50. The van der Waals surface area contributed by atoms with Crippen molar-refractivity contribution in [2.45, 2.75) is 26.0 Å². The fourth-order valence-corrected chi connectivity index (χ4v) is 3.99. The van der Waals surface area contributed by atoms with Gasteiger partial charge in [0.05, 0.1) is 36.1 Å². The molecule has 0 saturated heterocycles. The number of fused-ring (bicyclic) bond motifs is 1. The van der Waals surface area contributed by atoms with Crippen LogP contribution >= 0.6 is 0 Å². The van der Waals surface area contributed by atoms with Gasteiger partial charge in [0.25, 0.3) is 11.8 Å². The van der Waals surface area contributed by atoms with Gasteiger partial charge in [-0.15, -0.1) is 10.2 Å². The van der Waals surface area contributed by atoms with E-state index in [9.17, 15) is 14.9 Å². The van der Waals surface area contributed by atoms with E-state index in [-0.39, 0.29) is 34.6 Å². The van der Waals surface area contributed by atoms with Gasteiger partial charge >= 0.3 is 5.95 Å². The second-order valence-corrected chi connectivity index (χ2v) is 8.22. The molecule has 0 aliphatic carbocycles. The van der Waals surface area contributed by atoms with Gasteiger partial charge in [0.1, 0.15) is 6.07 Å². The number of nitrogens with zero attached hydrogens (tertiary/aromatic N) is 4. The summed E-state index contributed by atoms with van der Waals surface area (Å²) in [5, 5.41) is 17.6. The minimum absolute atomic E-state index is 0.0823. The zero-order chi connectivity index (χ0) is 25.7. The molecule has 0 aromatic heterocycles. The van der Waals surface area contributed by atoms with Crippen molar-refractivity contribution in [1.82, 2.24) is 4.90 Å². The Morgan fingerprint density at radius 2 is 1.50 bits per heavy atom. The maximum Gasteiger partial charge on any atom is 0.319 e. The average Bonchev–Trinajstić information content (AvgIpc) is 3.15. The number of carbonyl (C=O) groups excluding carboxylic acids is 2. The zero-order valence-electron chi connectivity index (χ0n) is 20.1. The standard InChI is InChI=1S/C28H24N4O4/c1-18(2)36-28(35-3)23(17-29)31-30-22-16-10-15-21-24(22)27(34)32(26(21)33)25(19-11-6-4-7-12-19)20-13-8-5-9-14-20/h4-16,18,25H,1-3H3/b28-23+,31-30?. The third kappa shape index (κ3) is 4.72. The quantitative estimate of drug-likeness (QED) is 0.172. The number of hydrogen-bond donors (Lipinski definition) is 0. The fraction of sp³-hybridized carbons (Fsp3) is 0.179. The van der Waals surface area contributed by atoms with Gasteiger partial charge in [-0.3, -0.25) is 14.5 Å². The molecule has 0 saturated carbocycles. The molecule has 0 bridgehead atoms. The summed E-state index contributed by atoms with van der Waals surface area (Å²) >= 11 is 0. The highest BCUT2D eigenvalue weighted by Gasteiger charge is 2.42. The number of carbonyl (C=O) groups is 2. The predicted molar refractivity (Wildman–Crippen MR) is 132 cm³/mol. The first-order valence-corrected chi connectivity index (χ1v) is 11.3. The Morgan fingerprint density at radius 3 is 2.03 bits per heavy atom. The summed E-state index contributed by atoms with van der Waals surface area (Å²) in [6.45, 7) is 3.56. The molecule has 3 aromatic rings. The van der Waals surface area contributed by atoms with Crippen LogP contribution in [0.1, 0.15) is 51.7 Å². The number of hydrogen-bond acceptors (Lipinski definition) is 7. The summed E-state index contributed by atoms with van der Waals surface area (Å²) in [4.78, 5) is 28.5. The van der Waals surface area contributed by atoms with Crippen LogP contribution in [0.25, 0.3) is 0 Å². The number of ether oxygens (including phenoxy) is 2. The predicted octanol–water partition coefficient (Wildman–Crippen LogP) is 5.92. The second-order valence-electron chi connectivity index (χ2n) is 8.22. The molecule has 0 radical (unpaired) electrons. The number of azo groups is 1. The number of benzene rings is 3. The number of methoxy groups -OCH3 is 1. The second kappa shape index (κ2) is 10.7. The molecule has 0 atom stereocenters. The van der Waals surface area contributed by atoms with E-state index in [4.69, 9.17) is 9.47 Å². The minimum Gasteiger partial charge on any atom is -0.467 e. The molecule has 1 aliphatic rings. The van der Waals surface area contributed by atoms with E-state index in [2.05, 4.69) is 10.2 Å². The molecule has 3 aromatic carbocycles. The highest BCUT2D eigenvalue weighted by Crippen LogP contribution is 2.39. The largest absolute Gasteiger partial charge is 0.467 e. The van der Waals surface area contributed by atoms with Gasteiger partial charge in [-0.2, -0.15) is 5.26 Å². The number of rotatable bonds is 8. The molecule has 2 amide bonds. The Morgan fingerprint density at radius 1 is 0.889 bits per heavy atom. The van der Waals surface area contributed by atoms with Crippen LogP contribution in [0, 0.1) is 11.3 Å². The molecule has 0 fully saturated rings. The van der Waals surface area contributed by atoms with Crippen LogP contribution in [0.3, 0.4) is 0 Å². The van der Waals surface area contributed by atoms with Crippen LogP contribution in [-0.2, 0) is 9.47 Å². The van der Waals surface area contributed by atoms with Crippen LogP contribution in [0.15, 0.2) is 101 Å². The van der Waals surface area contributed by atoms with Crippen molar-refractivity contribution in [3.05, 3.63) is 113 Å². The fourth-order valence-electron chi connectivity index (χ4n) is 3.99. The zero-order valence-corrected chi connectivity index (χ0v) is 20.1. The Balaban J connectivity index is 1.78. The van der Waals surface area contributed by atoms with Crippen molar-refractivity contribution >= 4 is 17.5 Å². The van der Waals surface area contributed by atoms with Crippen molar-refractivity contribution in [3.63, 3.8) is 0 Å². The lowest BCUT2D eigenvalue weighted by molar-refractivity contribution is 0.0248. The molecule has 1 aliphatic heterocycles. The highest BCUT2D eigenvalue weighted by atomic mass is 16.7. The Labute approximate surface area is 209 Å². The van der Waals surface area contributed by atoms with Crippen molar-refractivity contribution in [2.75, 3.05) is 7.11 Å². The summed E-state index contributed by atoms with van der Waals surface area (Å²) in [5.74, 6) is -1.00. The van der Waals surface area contributed by atoms with Crippen molar-refractivity contribution in [1.29, 1.82) is 5.26 Å². The summed E-state index contributed by atoms with van der Waals surface area (Å²) < 4.78 is 10.6. The number of nitriles is 1.